The second-order valence-corrected chi connectivity index (χ2v) is 7.93. The first-order valence-corrected chi connectivity index (χ1v) is 10.7. The first kappa shape index (κ1) is 21.0. The number of hydrogen-bond acceptors (Lipinski definition) is 2. The zero-order valence-corrected chi connectivity index (χ0v) is 16.1. The summed E-state index contributed by atoms with van der Waals surface area (Å²) < 4.78 is 0. The van der Waals surface area contributed by atoms with Gasteiger partial charge in [0.1, 0.15) is 0 Å². The molecular formula is C21H44N2. The van der Waals surface area contributed by atoms with Gasteiger partial charge < -0.3 is 11.5 Å². The van der Waals surface area contributed by atoms with Crippen molar-refractivity contribution in [3.05, 3.63) is 0 Å². The molecule has 0 saturated heterocycles. The first-order valence-electron chi connectivity index (χ1n) is 10.7. The van der Waals surface area contributed by atoms with Gasteiger partial charge in [0, 0.05) is 0 Å². The monoisotopic (exact) mass is 324 g/mol. The van der Waals surface area contributed by atoms with Gasteiger partial charge in [0.15, 0.2) is 0 Å². The Bertz CT molecular complexity index is 267. The van der Waals surface area contributed by atoms with Gasteiger partial charge in [-0.25, -0.2) is 0 Å². The van der Waals surface area contributed by atoms with Crippen LogP contribution in [0, 0.1) is 23.7 Å². The molecule has 138 valence electrons. The normalized spacial score (nSPS) is 28.2. The van der Waals surface area contributed by atoms with Crippen LogP contribution in [0.2, 0.25) is 0 Å². The smallest absolute Gasteiger partial charge is 0.00772 e. The molecule has 0 spiro atoms. The summed E-state index contributed by atoms with van der Waals surface area (Å²) in [6, 6.07) is 0. The van der Waals surface area contributed by atoms with Crippen LogP contribution in [-0.4, -0.2) is 13.1 Å². The van der Waals surface area contributed by atoms with E-state index in [1.807, 2.05) is 0 Å². The maximum atomic E-state index is 5.85. The summed E-state index contributed by atoms with van der Waals surface area (Å²) in [6.07, 6.45) is 18.0. The molecule has 0 aromatic carbocycles. The molecule has 1 aliphatic rings. The molecule has 0 aromatic heterocycles. The van der Waals surface area contributed by atoms with Crippen LogP contribution in [0.3, 0.4) is 0 Å². The quantitative estimate of drug-likeness (QED) is 0.440. The molecule has 1 aliphatic carbocycles. The maximum Gasteiger partial charge on any atom is -0.00772 e. The van der Waals surface area contributed by atoms with Gasteiger partial charge in [0.25, 0.3) is 0 Å². The second-order valence-electron chi connectivity index (χ2n) is 7.93. The minimum Gasteiger partial charge on any atom is -0.330 e. The van der Waals surface area contributed by atoms with Crippen molar-refractivity contribution in [2.24, 2.45) is 35.1 Å². The van der Waals surface area contributed by atoms with Gasteiger partial charge in [-0.2, -0.15) is 0 Å². The fourth-order valence-electron chi connectivity index (χ4n) is 5.00. The van der Waals surface area contributed by atoms with E-state index >= 15 is 0 Å². The van der Waals surface area contributed by atoms with Crippen LogP contribution in [0.1, 0.15) is 97.3 Å². The average molecular weight is 325 g/mol. The lowest BCUT2D eigenvalue weighted by Crippen LogP contribution is -2.35. The molecule has 4 atom stereocenters. The van der Waals surface area contributed by atoms with Crippen molar-refractivity contribution in [3.8, 4) is 0 Å². The van der Waals surface area contributed by atoms with E-state index in [9.17, 15) is 0 Å². The summed E-state index contributed by atoms with van der Waals surface area (Å²) in [5.74, 6) is 3.81. The fourth-order valence-corrected chi connectivity index (χ4v) is 5.00. The van der Waals surface area contributed by atoms with Gasteiger partial charge in [-0.15, -0.1) is 0 Å². The van der Waals surface area contributed by atoms with Crippen molar-refractivity contribution >= 4 is 0 Å². The number of unbranched alkanes of at least 4 members (excludes halogenated alkanes) is 3. The summed E-state index contributed by atoms with van der Waals surface area (Å²) >= 11 is 0. The lowest BCUT2D eigenvalue weighted by atomic mass is 9.61. The largest absolute Gasteiger partial charge is 0.330 e. The predicted octanol–water partition coefficient (Wildman–Crippen LogP) is 5.49. The molecule has 2 nitrogen and oxygen atoms in total. The Morgan fingerprint density at radius 2 is 1.09 bits per heavy atom. The highest BCUT2D eigenvalue weighted by molar-refractivity contribution is 4.87. The van der Waals surface area contributed by atoms with Crippen molar-refractivity contribution in [1.29, 1.82) is 0 Å². The zero-order chi connectivity index (χ0) is 16.9. The van der Waals surface area contributed by atoms with E-state index in [1.54, 1.807) is 0 Å². The highest BCUT2D eigenvalue weighted by atomic mass is 14.5. The molecule has 0 radical (unpaired) electrons. The molecule has 1 saturated carbocycles. The fraction of sp³-hybridized carbons (Fsp3) is 1.00. The van der Waals surface area contributed by atoms with Crippen molar-refractivity contribution in [1.82, 2.24) is 0 Å². The predicted molar refractivity (Wildman–Crippen MR) is 103 cm³/mol. The molecule has 0 aliphatic heterocycles. The van der Waals surface area contributed by atoms with Gasteiger partial charge >= 0.3 is 0 Å². The summed E-state index contributed by atoms with van der Waals surface area (Å²) in [7, 11) is 0. The highest BCUT2D eigenvalue weighted by Gasteiger charge is 2.37. The van der Waals surface area contributed by atoms with Gasteiger partial charge in [0.2, 0.25) is 0 Å². The molecule has 0 amide bonds. The third-order valence-electron chi connectivity index (χ3n) is 6.26. The molecular weight excluding hydrogens is 280 g/mol. The Kier molecular flexibility index (Phi) is 12.1. The lowest BCUT2D eigenvalue weighted by Gasteiger charge is -2.44. The van der Waals surface area contributed by atoms with Crippen molar-refractivity contribution in [3.63, 3.8) is 0 Å². The van der Waals surface area contributed by atoms with Crippen LogP contribution in [0.4, 0.5) is 0 Å². The Hall–Kier alpha value is -0.0800. The van der Waals surface area contributed by atoms with Crippen molar-refractivity contribution in [2.45, 2.75) is 97.3 Å². The van der Waals surface area contributed by atoms with E-state index in [4.69, 9.17) is 11.5 Å². The Morgan fingerprint density at radius 3 is 1.61 bits per heavy atom. The molecule has 0 heterocycles. The van der Waals surface area contributed by atoms with Crippen LogP contribution in [0.5, 0.6) is 0 Å². The molecule has 0 aromatic rings. The summed E-state index contributed by atoms with van der Waals surface area (Å²) in [4.78, 5) is 0. The molecule has 1 fully saturated rings. The van der Waals surface area contributed by atoms with E-state index in [2.05, 4.69) is 13.8 Å². The molecule has 0 bridgehead atoms. The van der Waals surface area contributed by atoms with Crippen LogP contribution in [-0.2, 0) is 0 Å². The molecule has 1 rings (SSSR count). The Labute approximate surface area is 146 Å². The average Bonchev–Trinajstić information content (AvgIpc) is 2.57. The number of hydrogen-bond donors (Lipinski definition) is 2. The van der Waals surface area contributed by atoms with Crippen LogP contribution < -0.4 is 11.5 Å². The maximum absolute atomic E-state index is 5.85. The van der Waals surface area contributed by atoms with E-state index in [1.165, 1.54) is 83.5 Å². The van der Waals surface area contributed by atoms with Gasteiger partial charge in [-0.1, -0.05) is 52.4 Å². The third-order valence-corrected chi connectivity index (χ3v) is 6.26. The molecule has 4 unspecified atom stereocenters. The topological polar surface area (TPSA) is 52.0 Å². The number of nitrogens with two attached hydrogens (primary N) is 2. The number of rotatable bonds is 13. The molecule has 23 heavy (non-hydrogen) atoms. The Balaban J connectivity index is 2.74. The summed E-state index contributed by atoms with van der Waals surface area (Å²) in [6.45, 7) is 6.39. The minimum absolute atomic E-state index is 0.861. The van der Waals surface area contributed by atoms with Crippen molar-refractivity contribution in [2.75, 3.05) is 13.1 Å². The van der Waals surface area contributed by atoms with E-state index in [0.29, 0.717) is 0 Å². The van der Waals surface area contributed by atoms with Crippen LogP contribution in [0.15, 0.2) is 0 Å². The lowest BCUT2D eigenvalue weighted by molar-refractivity contribution is 0.0601. The molecule has 2 heteroatoms. The van der Waals surface area contributed by atoms with Crippen LogP contribution in [0.25, 0.3) is 0 Å². The van der Waals surface area contributed by atoms with Gasteiger partial charge in [-0.3, -0.25) is 0 Å². The summed E-state index contributed by atoms with van der Waals surface area (Å²) in [5.41, 5.74) is 11.7. The summed E-state index contributed by atoms with van der Waals surface area (Å²) in [5, 5.41) is 0. The SMILES string of the molecule is CCCCCC1C(CCCC)CCC(CCCN)C1CCCN. The van der Waals surface area contributed by atoms with Crippen LogP contribution >= 0.6 is 0 Å². The third kappa shape index (κ3) is 7.56. The molecule has 4 N–H and O–H groups in total. The van der Waals surface area contributed by atoms with E-state index in [-0.39, 0.29) is 0 Å². The minimum atomic E-state index is 0.861. The zero-order valence-electron chi connectivity index (χ0n) is 16.1. The highest BCUT2D eigenvalue weighted by Crippen LogP contribution is 2.47. The first-order chi connectivity index (χ1) is 11.3. The standard InChI is InChI=1S/C21H44N2/c1-3-5-7-12-20-18(10-6-4-2)14-15-19(11-8-16-22)21(20)13-9-17-23/h18-21H,3-17,22-23H2,1-2H3. The van der Waals surface area contributed by atoms with Gasteiger partial charge in [0.05, 0.1) is 0 Å². The van der Waals surface area contributed by atoms with Crippen molar-refractivity contribution < 1.29 is 0 Å². The van der Waals surface area contributed by atoms with Gasteiger partial charge in [-0.05, 0) is 81.7 Å². The second kappa shape index (κ2) is 13.2. The van der Waals surface area contributed by atoms with E-state index < -0.39 is 0 Å². The Morgan fingerprint density at radius 1 is 0.609 bits per heavy atom. The van der Waals surface area contributed by atoms with E-state index in [0.717, 1.165) is 36.8 Å².